The molecule has 0 spiro atoms. The number of carbonyl (C=O) groups excluding carboxylic acids is 4. The average molecular weight is 1130 g/mol. The lowest BCUT2D eigenvalue weighted by Crippen LogP contribution is -2.53. The molecular formula is C50H56F6N6O17. The zero-order valence-electron chi connectivity index (χ0n) is 43.0. The first-order valence-corrected chi connectivity index (χ1v) is 23.9. The molecule has 2 aromatic carbocycles. The standard InChI is InChI=1S/C23H22F3N3O5.C20H21F3N2O7.C5H11NO.C2H2O4/c1-33-21-19-23(32)29-12-2-4-13(5-3-12)34-18(29)10-28(19)9-15(20(21)30)22(31)27-8-14-16(25)6-11(24)7-17(14)26;1-29-15(30-2)9-25-8-12(17(26)18(31-3)16(25)20(28)32-4)19(27)24-7-11-13(22)5-10(21)6-14(11)23;6-4-1-2-5(7)3-4;3-1(4)2(5)6/h6-7,9,12-13,18H,2-5,8,10H2,1H3,(H,27,31);5-6,8,15H,7,9H2,1-4H3,(H,24,27);4-5,7H,1-3,6H2;(H,3,4)(H,5,6)/t12?,13?,18-;;4-,5+;/m1.0./s1. The fourth-order valence-electron chi connectivity index (χ4n) is 8.90. The number of benzene rings is 2. The van der Waals surface area contributed by atoms with Gasteiger partial charge < -0.3 is 74.1 Å². The van der Waals surface area contributed by atoms with Crippen LogP contribution in [0.25, 0.3) is 0 Å². The van der Waals surface area contributed by atoms with Crippen LogP contribution in [-0.4, -0.2) is 137 Å². The quantitative estimate of drug-likeness (QED) is 0.0485. The van der Waals surface area contributed by atoms with Crippen molar-refractivity contribution in [1.29, 1.82) is 0 Å². The molecule has 2 saturated carbocycles. The van der Waals surface area contributed by atoms with Gasteiger partial charge in [-0.25, -0.2) is 40.7 Å². The molecule has 0 unspecified atom stereocenters. The van der Waals surface area contributed by atoms with Crippen molar-refractivity contribution >= 4 is 35.6 Å². The summed E-state index contributed by atoms with van der Waals surface area (Å²) in [4.78, 5) is 96.8. The molecule has 3 atom stereocenters. The van der Waals surface area contributed by atoms with Gasteiger partial charge in [-0.05, 0) is 44.9 Å². The van der Waals surface area contributed by atoms with E-state index in [0.717, 1.165) is 69.9 Å². The SMILES string of the molecule is COC(=O)c1c(OC)c(=O)c(C(=O)NCc2c(F)cc(F)cc2F)cn1CC(OC)OC.COc1c2n(cc(C(=O)NCc3c(F)cc(F)cc3F)c1=O)C[C@H]1OC3CCC(CC3)N1C2=O.N[C@H]1CC[C@@H](O)C1.O=C(O)C(=O)O. The molecule has 5 aliphatic rings. The van der Waals surface area contributed by atoms with Crippen LogP contribution in [0.3, 0.4) is 0 Å². The number of methoxy groups -OCH3 is 5. The monoisotopic (exact) mass is 1130 g/mol. The minimum atomic E-state index is -1.82. The number of pyridine rings is 2. The van der Waals surface area contributed by atoms with Crippen LogP contribution in [0.4, 0.5) is 26.3 Å². The Hall–Kier alpha value is -7.86. The highest BCUT2D eigenvalue weighted by Crippen LogP contribution is 2.37. The van der Waals surface area contributed by atoms with E-state index in [1.54, 1.807) is 4.90 Å². The number of carboxylic acids is 2. The van der Waals surface area contributed by atoms with E-state index in [1.165, 1.54) is 32.1 Å². The largest absolute Gasteiger partial charge is 0.491 e. The van der Waals surface area contributed by atoms with E-state index < -0.39 is 129 Å². The summed E-state index contributed by atoms with van der Waals surface area (Å²) in [7, 11) is 6.11. The van der Waals surface area contributed by atoms with Crippen LogP contribution in [0.5, 0.6) is 11.5 Å². The molecule has 3 amide bonds. The molecule has 2 saturated heterocycles. The van der Waals surface area contributed by atoms with Crippen LogP contribution in [0.1, 0.15) is 97.8 Å². The maximum absolute atomic E-state index is 13.9. The number of halogens is 6. The summed E-state index contributed by atoms with van der Waals surface area (Å²) in [6, 6.07) is 2.20. The van der Waals surface area contributed by atoms with Gasteiger partial charge >= 0.3 is 17.9 Å². The van der Waals surface area contributed by atoms with Crippen molar-refractivity contribution in [2.24, 2.45) is 5.73 Å². The van der Waals surface area contributed by atoms with Crippen molar-refractivity contribution in [3.05, 3.63) is 126 Å². The summed E-state index contributed by atoms with van der Waals surface area (Å²) in [5, 5.41) is 28.1. The molecule has 2 bridgehead atoms. The highest BCUT2D eigenvalue weighted by Gasteiger charge is 2.45. The van der Waals surface area contributed by atoms with Crippen LogP contribution in [0.2, 0.25) is 0 Å². The third-order valence-corrected chi connectivity index (χ3v) is 12.8. The summed E-state index contributed by atoms with van der Waals surface area (Å²) in [6.07, 6.45) is 6.84. The summed E-state index contributed by atoms with van der Waals surface area (Å²) in [5.74, 6) is -14.6. The number of hydrogen-bond donors (Lipinski definition) is 6. The Kier molecular flexibility index (Phi) is 21.7. The number of nitrogens with two attached hydrogens (primary N) is 1. The fraction of sp³-hybridized carbons (Fsp3) is 0.440. The van der Waals surface area contributed by atoms with Gasteiger partial charge in [0.1, 0.15) is 46.0 Å². The Labute approximate surface area is 444 Å². The van der Waals surface area contributed by atoms with E-state index in [0.29, 0.717) is 24.3 Å². The van der Waals surface area contributed by atoms with E-state index in [2.05, 4.69) is 10.6 Å². The number of aliphatic hydroxyl groups is 1. The van der Waals surface area contributed by atoms with Gasteiger partial charge in [-0.2, -0.15) is 0 Å². The van der Waals surface area contributed by atoms with E-state index in [1.807, 2.05) is 0 Å². The van der Waals surface area contributed by atoms with Crippen LogP contribution in [0.15, 0.2) is 46.2 Å². The Balaban J connectivity index is 0.000000237. The number of aromatic nitrogens is 2. The number of rotatable bonds is 13. The fourth-order valence-corrected chi connectivity index (χ4v) is 8.90. The lowest BCUT2D eigenvalue weighted by Gasteiger charge is -2.39. The molecule has 4 aromatic rings. The third kappa shape index (κ3) is 15.0. The van der Waals surface area contributed by atoms with Crippen LogP contribution >= 0.6 is 0 Å². The first kappa shape index (κ1) is 62.0. The van der Waals surface area contributed by atoms with Gasteiger partial charge in [0.25, 0.3) is 17.7 Å². The van der Waals surface area contributed by atoms with Gasteiger partial charge in [-0.1, -0.05) is 0 Å². The summed E-state index contributed by atoms with van der Waals surface area (Å²) in [5.41, 5.74) is 1.41. The van der Waals surface area contributed by atoms with E-state index in [-0.39, 0.29) is 60.1 Å². The number of aliphatic hydroxyl groups excluding tert-OH is 1. The second-order valence-electron chi connectivity index (χ2n) is 17.8. The molecule has 0 radical (unpaired) electrons. The van der Waals surface area contributed by atoms with E-state index in [9.17, 15) is 55.1 Å². The van der Waals surface area contributed by atoms with Gasteiger partial charge in [0, 0.05) is 87.2 Å². The molecule has 430 valence electrons. The number of nitrogens with zero attached hydrogens (tertiary/aromatic N) is 3. The first-order valence-electron chi connectivity index (χ1n) is 23.9. The molecule has 23 nitrogen and oxygen atoms in total. The molecule has 79 heavy (non-hydrogen) atoms. The zero-order chi connectivity index (χ0) is 58.6. The number of ether oxygens (including phenoxy) is 6. The molecule has 7 N–H and O–H groups in total. The lowest BCUT2D eigenvalue weighted by molar-refractivity contribution is -0.159. The normalized spacial score (nSPS) is 18.7. The second kappa shape index (κ2) is 27.6. The number of aliphatic carboxylic acids is 2. The Morgan fingerprint density at radius 1 is 0.709 bits per heavy atom. The van der Waals surface area contributed by atoms with Crippen LogP contribution in [-0.2, 0) is 54.7 Å². The van der Waals surface area contributed by atoms with Crippen molar-refractivity contribution in [3.8, 4) is 11.5 Å². The van der Waals surface area contributed by atoms with Crippen LogP contribution in [0, 0.1) is 34.9 Å². The van der Waals surface area contributed by atoms with Crippen molar-refractivity contribution in [3.63, 3.8) is 0 Å². The molecule has 2 aromatic heterocycles. The van der Waals surface area contributed by atoms with Crippen molar-refractivity contribution in [2.45, 2.75) is 108 Å². The molecule has 4 fully saturated rings. The molecule has 29 heteroatoms. The zero-order valence-corrected chi connectivity index (χ0v) is 43.0. The summed E-state index contributed by atoms with van der Waals surface area (Å²) < 4.78 is 116. The van der Waals surface area contributed by atoms with Gasteiger partial charge in [-0.15, -0.1) is 0 Å². The Bertz CT molecular complexity index is 2990. The van der Waals surface area contributed by atoms with Crippen LogP contribution < -0.4 is 36.7 Å². The Morgan fingerprint density at radius 2 is 1.19 bits per heavy atom. The first-order chi connectivity index (χ1) is 37.4. The molecule has 9 rings (SSSR count). The number of amides is 3. The highest BCUT2D eigenvalue weighted by atomic mass is 19.2. The van der Waals surface area contributed by atoms with Gasteiger partial charge in [0.05, 0.1) is 46.6 Å². The topological polar surface area (TPSA) is 316 Å². The second-order valence-corrected chi connectivity index (χ2v) is 17.8. The number of carboxylic acid groups (broad SMARTS) is 2. The molecule has 5 heterocycles. The predicted octanol–water partition coefficient (Wildman–Crippen LogP) is 2.95. The minimum Gasteiger partial charge on any atom is -0.491 e. The number of carbonyl (C=O) groups is 6. The maximum Gasteiger partial charge on any atom is 0.414 e. The number of esters is 1. The average Bonchev–Trinajstić information content (AvgIpc) is 3.89. The van der Waals surface area contributed by atoms with Crippen molar-refractivity contribution in [1.82, 2.24) is 24.7 Å². The number of nitrogens with one attached hydrogen (secondary N) is 2. The molecule has 3 aliphatic heterocycles. The lowest BCUT2D eigenvalue weighted by atomic mass is 9.92. The minimum absolute atomic E-state index is 0.00767. The summed E-state index contributed by atoms with van der Waals surface area (Å²) >= 11 is 0. The highest BCUT2D eigenvalue weighted by molar-refractivity contribution is 6.27. The van der Waals surface area contributed by atoms with Crippen molar-refractivity contribution < 1.29 is 98.9 Å². The number of fused-ring (bicyclic) bond motifs is 3. The van der Waals surface area contributed by atoms with E-state index >= 15 is 0 Å². The maximum atomic E-state index is 13.9. The molecule has 2 aliphatic carbocycles. The van der Waals surface area contributed by atoms with E-state index in [4.69, 9.17) is 59.1 Å². The summed E-state index contributed by atoms with van der Waals surface area (Å²) in [6.45, 7) is -1.22. The third-order valence-electron chi connectivity index (χ3n) is 12.8. The number of hydrogen-bond acceptors (Lipinski definition) is 16. The van der Waals surface area contributed by atoms with Gasteiger partial charge in [0.2, 0.25) is 10.9 Å². The van der Waals surface area contributed by atoms with Crippen molar-refractivity contribution in [2.75, 3.05) is 35.5 Å². The Morgan fingerprint density at radius 3 is 1.59 bits per heavy atom. The van der Waals surface area contributed by atoms with Gasteiger partial charge in [0.15, 0.2) is 35.4 Å². The molecular weight excluding hydrogens is 1070 g/mol. The van der Waals surface area contributed by atoms with Gasteiger partial charge in [-0.3, -0.25) is 24.0 Å². The smallest absolute Gasteiger partial charge is 0.414 e. The predicted molar refractivity (Wildman–Crippen MR) is 259 cm³/mol.